The van der Waals surface area contributed by atoms with Crippen LogP contribution in [0.25, 0.3) is 0 Å². The zero-order valence-electron chi connectivity index (χ0n) is 11.5. The Balaban J connectivity index is 2.08. The van der Waals surface area contributed by atoms with Crippen LogP contribution >= 0.6 is 0 Å². The van der Waals surface area contributed by atoms with Crippen LogP contribution in [-0.2, 0) is 9.53 Å². The van der Waals surface area contributed by atoms with Gasteiger partial charge >= 0.3 is 12.0 Å². The van der Waals surface area contributed by atoms with E-state index in [0.29, 0.717) is 31.7 Å². The molecule has 0 unspecified atom stereocenters. The molecule has 3 N–H and O–H groups in total. The van der Waals surface area contributed by atoms with E-state index in [9.17, 15) is 14.7 Å². The Labute approximate surface area is 122 Å². The number of phenols is 1. The third-order valence-electron chi connectivity index (χ3n) is 3.25. The maximum absolute atomic E-state index is 12.3. The number of ether oxygens (including phenoxy) is 1. The van der Waals surface area contributed by atoms with Gasteiger partial charge in [-0.1, -0.05) is 0 Å². The number of benzene rings is 1. The Morgan fingerprint density at radius 1 is 1.24 bits per heavy atom. The number of carbonyl (C=O) groups is 2. The quantitative estimate of drug-likeness (QED) is 0.774. The van der Waals surface area contributed by atoms with Gasteiger partial charge in [0.15, 0.2) is 0 Å². The number of carbonyl (C=O) groups excluding carboxylic acids is 1. The summed E-state index contributed by atoms with van der Waals surface area (Å²) in [5.74, 6) is -1.05. The molecule has 0 saturated carbocycles. The standard InChI is InChI=1S/C14H18N2O5/c17-12-3-1-11(2-4-12)16(9-13(18)19)14(20)15-10-5-7-21-8-6-10/h1-4,10,17H,5-9H2,(H,15,20)(H,18,19). The average Bonchev–Trinajstić information content (AvgIpc) is 2.46. The maximum atomic E-state index is 12.3. The number of nitrogens with zero attached hydrogens (tertiary/aromatic N) is 1. The number of hydrogen-bond acceptors (Lipinski definition) is 4. The molecule has 0 atom stereocenters. The highest BCUT2D eigenvalue weighted by Crippen LogP contribution is 2.19. The SMILES string of the molecule is O=C(O)CN(C(=O)NC1CCOCC1)c1ccc(O)cc1. The summed E-state index contributed by atoms with van der Waals surface area (Å²) in [5, 5.41) is 21.1. The van der Waals surface area contributed by atoms with Gasteiger partial charge in [-0.25, -0.2) is 4.79 Å². The van der Waals surface area contributed by atoms with Gasteiger partial charge in [-0.2, -0.15) is 0 Å². The van der Waals surface area contributed by atoms with E-state index >= 15 is 0 Å². The number of anilines is 1. The van der Waals surface area contributed by atoms with Crippen LogP contribution in [0, 0.1) is 0 Å². The van der Waals surface area contributed by atoms with Crippen LogP contribution in [0.2, 0.25) is 0 Å². The lowest BCUT2D eigenvalue weighted by molar-refractivity contribution is -0.135. The van der Waals surface area contributed by atoms with Gasteiger partial charge in [0.05, 0.1) is 0 Å². The van der Waals surface area contributed by atoms with Crippen LogP contribution in [0.1, 0.15) is 12.8 Å². The largest absolute Gasteiger partial charge is 0.508 e. The monoisotopic (exact) mass is 294 g/mol. The number of aliphatic carboxylic acids is 1. The topological polar surface area (TPSA) is 99.1 Å². The van der Waals surface area contributed by atoms with Crippen molar-refractivity contribution in [3.8, 4) is 5.75 Å². The number of aromatic hydroxyl groups is 1. The fourth-order valence-electron chi connectivity index (χ4n) is 2.14. The normalized spacial score (nSPS) is 15.4. The number of hydrogen-bond donors (Lipinski definition) is 3. The van der Waals surface area contributed by atoms with E-state index in [-0.39, 0.29) is 11.8 Å². The van der Waals surface area contributed by atoms with Crippen LogP contribution in [-0.4, -0.2) is 48.0 Å². The minimum absolute atomic E-state index is 0.0142. The Morgan fingerprint density at radius 2 is 1.86 bits per heavy atom. The number of carboxylic acid groups (broad SMARTS) is 1. The second-order valence-corrected chi connectivity index (χ2v) is 4.83. The van der Waals surface area contributed by atoms with Crippen molar-refractivity contribution < 1.29 is 24.5 Å². The smallest absolute Gasteiger partial charge is 0.323 e. The fourth-order valence-corrected chi connectivity index (χ4v) is 2.14. The van der Waals surface area contributed by atoms with Gasteiger partial charge in [-0.05, 0) is 37.1 Å². The molecule has 0 aromatic heterocycles. The van der Waals surface area contributed by atoms with Crippen LogP contribution in [0.3, 0.4) is 0 Å². The molecule has 21 heavy (non-hydrogen) atoms. The summed E-state index contributed by atoms with van der Waals surface area (Å²) in [7, 11) is 0. The highest BCUT2D eigenvalue weighted by molar-refractivity contribution is 5.96. The summed E-state index contributed by atoms with van der Waals surface area (Å²) in [6, 6.07) is 5.34. The molecule has 1 aliphatic rings. The summed E-state index contributed by atoms with van der Waals surface area (Å²) < 4.78 is 5.22. The second kappa shape index (κ2) is 6.94. The van der Waals surface area contributed by atoms with Crippen LogP contribution in [0.5, 0.6) is 5.75 Å². The first-order valence-electron chi connectivity index (χ1n) is 6.73. The molecule has 2 amide bonds. The molecule has 1 fully saturated rings. The van der Waals surface area contributed by atoms with Crippen molar-refractivity contribution in [1.29, 1.82) is 0 Å². The summed E-state index contributed by atoms with van der Waals surface area (Å²) in [6.07, 6.45) is 1.42. The Bertz CT molecular complexity index is 497. The van der Waals surface area contributed by atoms with Crippen molar-refractivity contribution >= 4 is 17.7 Å². The lowest BCUT2D eigenvalue weighted by Crippen LogP contribution is -2.48. The van der Waals surface area contributed by atoms with Crippen LogP contribution in [0.4, 0.5) is 10.5 Å². The average molecular weight is 294 g/mol. The first-order valence-corrected chi connectivity index (χ1v) is 6.73. The zero-order chi connectivity index (χ0) is 15.2. The van der Waals surface area contributed by atoms with Crippen LogP contribution in [0.15, 0.2) is 24.3 Å². The molecule has 1 heterocycles. The molecule has 7 nitrogen and oxygen atoms in total. The Morgan fingerprint density at radius 3 is 2.43 bits per heavy atom. The van der Waals surface area contributed by atoms with Gasteiger partial charge in [0.2, 0.25) is 0 Å². The fraction of sp³-hybridized carbons (Fsp3) is 0.429. The molecule has 1 aromatic carbocycles. The highest BCUT2D eigenvalue weighted by Gasteiger charge is 2.23. The lowest BCUT2D eigenvalue weighted by Gasteiger charge is -2.27. The van der Waals surface area contributed by atoms with E-state index in [4.69, 9.17) is 9.84 Å². The third kappa shape index (κ3) is 4.35. The molecule has 1 aromatic rings. The number of phenolic OH excluding ortho intramolecular Hbond substituents is 1. The third-order valence-corrected chi connectivity index (χ3v) is 3.25. The van der Waals surface area contributed by atoms with Gasteiger partial charge in [0.1, 0.15) is 12.3 Å². The molecular weight excluding hydrogens is 276 g/mol. The first kappa shape index (κ1) is 15.1. The Hall–Kier alpha value is -2.28. The van der Waals surface area contributed by atoms with Crippen molar-refractivity contribution in [3.05, 3.63) is 24.3 Å². The van der Waals surface area contributed by atoms with Crippen molar-refractivity contribution in [1.82, 2.24) is 5.32 Å². The van der Waals surface area contributed by atoms with Gasteiger partial charge in [-0.15, -0.1) is 0 Å². The van der Waals surface area contributed by atoms with E-state index in [2.05, 4.69) is 5.32 Å². The predicted molar refractivity (Wildman–Crippen MR) is 75.5 cm³/mol. The minimum atomic E-state index is -1.11. The molecule has 0 bridgehead atoms. The van der Waals surface area contributed by atoms with Crippen LogP contribution < -0.4 is 10.2 Å². The van der Waals surface area contributed by atoms with Crippen molar-refractivity contribution in [2.24, 2.45) is 0 Å². The van der Waals surface area contributed by atoms with Gasteiger partial charge < -0.3 is 20.3 Å². The number of rotatable bonds is 4. The van der Waals surface area contributed by atoms with E-state index in [0.717, 1.165) is 4.90 Å². The summed E-state index contributed by atoms with van der Waals surface area (Å²) in [5.41, 5.74) is 0.416. The molecule has 7 heteroatoms. The molecular formula is C14H18N2O5. The predicted octanol–water partition coefficient (Wildman–Crippen LogP) is 1.17. The van der Waals surface area contributed by atoms with E-state index in [1.54, 1.807) is 0 Å². The molecule has 0 aliphatic carbocycles. The Kier molecular flexibility index (Phi) is 4.99. The number of nitrogens with one attached hydrogen (secondary N) is 1. The molecule has 0 spiro atoms. The van der Waals surface area contributed by atoms with Crippen molar-refractivity contribution in [2.75, 3.05) is 24.7 Å². The molecule has 1 saturated heterocycles. The van der Waals surface area contributed by atoms with Crippen molar-refractivity contribution in [2.45, 2.75) is 18.9 Å². The zero-order valence-corrected chi connectivity index (χ0v) is 11.5. The van der Waals surface area contributed by atoms with E-state index in [1.807, 2.05) is 0 Å². The summed E-state index contributed by atoms with van der Waals surface area (Å²) in [6.45, 7) is 0.728. The summed E-state index contributed by atoms with van der Waals surface area (Å²) >= 11 is 0. The minimum Gasteiger partial charge on any atom is -0.508 e. The van der Waals surface area contributed by atoms with E-state index < -0.39 is 18.5 Å². The van der Waals surface area contributed by atoms with Gasteiger partial charge in [0, 0.05) is 24.9 Å². The second-order valence-electron chi connectivity index (χ2n) is 4.83. The molecule has 114 valence electrons. The molecule has 1 aliphatic heterocycles. The first-order chi connectivity index (χ1) is 10.1. The number of carboxylic acids is 1. The molecule has 0 radical (unpaired) electrons. The van der Waals surface area contributed by atoms with Gasteiger partial charge in [0.25, 0.3) is 0 Å². The van der Waals surface area contributed by atoms with Gasteiger partial charge in [-0.3, -0.25) is 9.69 Å². The maximum Gasteiger partial charge on any atom is 0.323 e. The van der Waals surface area contributed by atoms with E-state index in [1.165, 1.54) is 24.3 Å². The highest BCUT2D eigenvalue weighted by atomic mass is 16.5. The number of amides is 2. The summed E-state index contributed by atoms with van der Waals surface area (Å²) in [4.78, 5) is 24.4. The van der Waals surface area contributed by atoms with Crippen molar-refractivity contribution in [3.63, 3.8) is 0 Å². The number of urea groups is 1. The lowest BCUT2D eigenvalue weighted by atomic mass is 10.1. The molecule has 2 rings (SSSR count).